The van der Waals surface area contributed by atoms with Gasteiger partial charge < -0.3 is 15.0 Å². The number of anilines is 1. The minimum absolute atomic E-state index is 0.260. The fraction of sp³-hybridized carbons (Fsp3) is 0.238. The molecule has 0 aliphatic carbocycles. The van der Waals surface area contributed by atoms with Crippen molar-refractivity contribution in [1.29, 1.82) is 0 Å². The second-order valence-corrected chi connectivity index (χ2v) is 6.41. The molecule has 1 aliphatic rings. The largest absolute Gasteiger partial charge is 0.465 e. The highest BCUT2D eigenvalue weighted by Gasteiger charge is 2.36. The predicted molar refractivity (Wildman–Crippen MR) is 104 cm³/mol. The zero-order valence-electron chi connectivity index (χ0n) is 14.8. The molecule has 3 aromatic rings. The van der Waals surface area contributed by atoms with Crippen molar-refractivity contribution in [3.63, 3.8) is 0 Å². The average molecular weight is 347 g/mol. The Bertz CT molecular complexity index is 990. The van der Waals surface area contributed by atoms with Crippen molar-refractivity contribution in [3.8, 4) is 0 Å². The number of hydrogen-bond acceptors (Lipinski definition) is 4. The lowest BCUT2D eigenvalue weighted by molar-refractivity contribution is -0.146. The first-order chi connectivity index (χ1) is 12.7. The summed E-state index contributed by atoms with van der Waals surface area (Å²) in [6.45, 7) is 4.06. The van der Waals surface area contributed by atoms with Gasteiger partial charge in [0.25, 0.3) is 0 Å². The maximum atomic E-state index is 12.8. The number of para-hydroxylation sites is 3. The minimum Gasteiger partial charge on any atom is -0.465 e. The van der Waals surface area contributed by atoms with Crippen LogP contribution in [0.2, 0.25) is 0 Å². The van der Waals surface area contributed by atoms with Crippen LogP contribution in [0.25, 0.3) is 10.9 Å². The Morgan fingerprint density at radius 3 is 2.77 bits per heavy atom. The Kier molecular flexibility index (Phi) is 4.21. The number of ether oxygens (including phenoxy) is 1. The highest BCUT2D eigenvalue weighted by atomic mass is 16.5. The van der Waals surface area contributed by atoms with E-state index in [4.69, 9.17) is 9.73 Å². The Balaban J connectivity index is 1.88. The molecule has 2 aromatic carbocycles. The highest BCUT2D eigenvalue weighted by Crippen LogP contribution is 2.39. The van der Waals surface area contributed by atoms with Crippen LogP contribution in [0.5, 0.6) is 0 Å². The van der Waals surface area contributed by atoms with Crippen molar-refractivity contribution in [2.45, 2.75) is 19.9 Å². The molecule has 1 aliphatic heterocycles. The third-order valence-electron chi connectivity index (χ3n) is 4.79. The number of esters is 1. The quantitative estimate of drug-likeness (QED) is 0.680. The minimum atomic E-state index is -0.499. The van der Waals surface area contributed by atoms with E-state index in [2.05, 4.69) is 16.4 Å². The maximum Gasteiger partial charge on any atom is 0.317 e. The highest BCUT2D eigenvalue weighted by molar-refractivity contribution is 6.05. The number of fused-ring (bicyclic) bond motifs is 2. The molecule has 0 radical (unpaired) electrons. The lowest BCUT2D eigenvalue weighted by Gasteiger charge is -2.25. The molecule has 132 valence electrons. The summed E-state index contributed by atoms with van der Waals surface area (Å²) >= 11 is 0. The topological polar surface area (TPSA) is 66.5 Å². The molecule has 0 saturated carbocycles. The van der Waals surface area contributed by atoms with E-state index in [0.717, 1.165) is 33.6 Å². The average Bonchev–Trinajstić information content (AvgIpc) is 3.00. The van der Waals surface area contributed by atoms with E-state index in [-0.39, 0.29) is 12.0 Å². The number of nitrogens with zero attached hydrogens (tertiary/aromatic N) is 1. The third kappa shape index (κ3) is 2.75. The van der Waals surface area contributed by atoms with Crippen LogP contribution < -0.4 is 5.32 Å². The molecule has 0 bridgehead atoms. The molecule has 1 aromatic heterocycles. The van der Waals surface area contributed by atoms with Gasteiger partial charge >= 0.3 is 5.97 Å². The number of H-pyrrole nitrogens is 1. The molecule has 5 nitrogen and oxygen atoms in total. The number of aromatic amines is 1. The summed E-state index contributed by atoms with van der Waals surface area (Å²) < 4.78 is 5.38. The molecule has 5 heteroatoms. The Labute approximate surface area is 152 Å². The SMILES string of the molecule is CCOC(=O)C1C(C)=Nc2ccccc2NC1c1c[nH]c2ccccc12. The number of aliphatic imine (C=N–C) groups is 1. The summed E-state index contributed by atoms with van der Waals surface area (Å²) in [4.78, 5) is 20.8. The zero-order chi connectivity index (χ0) is 18.1. The van der Waals surface area contributed by atoms with E-state index in [1.165, 1.54) is 0 Å². The molecule has 4 rings (SSSR count). The maximum absolute atomic E-state index is 12.8. The number of aromatic nitrogens is 1. The molecule has 2 N–H and O–H groups in total. The van der Waals surface area contributed by atoms with Gasteiger partial charge in [-0.05, 0) is 32.0 Å². The Morgan fingerprint density at radius 2 is 1.92 bits per heavy atom. The summed E-state index contributed by atoms with van der Waals surface area (Å²) in [5.41, 5.74) is 4.57. The second-order valence-electron chi connectivity index (χ2n) is 6.41. The third-order valence-corrected chi connectivity index (χ3v) is 4.79. The van der Waals surface area contributed by atoms with Crippen molar-refractivity contribution in [1.82, 2.24) is 4.98 Å². The Hall–Kier alpha value is -3.08. The molecule has 2 unspecified atom stereocenters. The lowest BCUT2D eigenvalue weighted by atomic mass is 9.89. The molecule has 0 spiro atoms. The van der Waals surface area contributed by atoms with E-state index in [9.17, 15) is 4.79 Å². The van der Waals surface area contributed by atoms with E-state index in [1.54, 1.807) is 0 Å². The van der Waals surface area contributed by atoms with Crippen LogP contribution in [0.1, 0.15) is 25.5 Å². The normalized spacial score (nSPS) is 19.2. The number of carbonyl (C=O) groups excluding carboxylic acids is 1. The molecule has 2 heterocycles. The monoisotopic (exact) mass is 347 g/mol. The lowest BCUT2D eigenvalue weighted by Crippen LogP contribution is -2.33. The van der Waals surface area contributed by atoms with Crippen LogP contribution >= 0.6 is 0 Å². The van der Waals surface area contributed by atoms with Gasteiger partial charge in [0.15, 0.2) is 0 Å². The summed E-state index contributed by atoms with van der Waals surface area (Å²) in [5.74, 6) is -0.758. The van der Waals surface area contributed by atoms with E-state index in [0.29, 0.717) is 6.61 Å². The zero-order valence-corrected chi connectivity index (χ0v) is 14.8. The van der Waals surface area contributed by atoms with Crippen molar-refractivity contribution < 1.29 is 9.53 Å². The second kappa shape index (κ2) is 6.67. The van der Waals surface area contributed by atoms with Crippen molar-refractivity contribution in [2.75, 3.05) is 11.9 Å². The van der Waals surface area contributed by atoms with E-state index < -0.39 is 5.92 Å². The van der Waals surface area contributed by atoms with Gasteiger partial charge in [0.2, 0.25) is 0 Å². The smallest absolute Gasteiger partial charge is 0.317 e. The first kappa shape index (κ1) is 16.4. The molecule has 0 amide bonds. The van der Waals surface area contributed by atoms with Crippen molar-refractivity contribution >= 4 is 34.0 Å². The first-order valence-corrected chi connectivity index (χ1v) is 8.82. The molecule has 0 fully saturated rings. The fourth-order valence-corrected chi connectivity index (χ4v) is 3.59. The number of rotatable bonds is 3. The van der Waals surface area contributed by atoms with Crippen LogP contribution in [-0.2, 0) is 9.53 Å². The van der Waals surface area contributed by atoms with Crippen LogP contribution in [0.4, 0.5) is 11.4 Å². The van der Waals surface area contributed by atoms with Crippen LogP contribution in [-0.4, -0.2) is 23.3 Å². The van der Waals surface area contributed by atoms with Gasteiger partial charge in [-0.1, -0.05) is 30.3 Å². The van der Waals surface area contributed by atoms with Crippen LogP contribution in [0.3, 0.4) is 0 Å². The van der Waals surface area contributed by atoms with Gasteiger partial charge in [-0.2, -0.15) is 0 Å². The van der Waals surface area contributed by atoms with Gasteiger partial charge in [0.1, 0.15) is 5.92 Å². The first-order valence-electron chi connectivity index (χ1n) is 8.82. The van der Waals surface area contributed by atoms with Crippen LogP contribution in [0.15, 0.2) is 59.7 Å². The number of hydrogen-bond donors (Lipinski definition) is 2. The molecule has 0 saturated heterocycles. The predicted octanol–water partition coefficient (Wildman–Crippen LogP) is 4.61. The summed E-state index contributed by atoms with van der Waals surface area (Å²) in [5, 5.41) is 4.63. The van der Waals surface area contributed by atoms with Gasteiger partial charge in [-0.3, -0.25) is 9.79 Å². The van der Waals surface area contributed by atoms with Crippen molar-refractivity contribution in [2.24, 2.45) is 10.9 Å². The molecular weight excluding hydrogens is 326 g/mol. The van der Waals surface area contributed by atoms with E-state index in [1.807, 2.05) is 62.5 Å². The summed E-state index contributed by atoms with van der Waals surface area (Å²) in [7, 11) is 0. The fourth-order valence-electron chi connectivity index (χ4n) is 3.59. The van der Waals surface area contributed by atoms with Crippen molar-refractivity contribution in [3.05, 3.63) is 60.3 Å². The molecule has 26 heavy (non-hydrogen) atoms. The van der Waals surface area contributed by atoms with Gasteiger partial charge in [-0.15, -0.1) is 0 Å². The Morgan fingerprint density at radius 1 is 1.15 bits per heavy atom. The molecular formula is C21H21N3O2. The van der Waals surface area contributed by atoms with Crippen LogP contribution in [0, 0.1) is 5.92 Å². The molecule has 2 atom stereocenters. The number of benzene rings is 2. The number of carbonyl (C=O) groups is 1. The summed E-state index contributed by atoms with van der Waals surface area (Å²) in [6, 6.07) is 15.7. The standard InChI is InChI=1S/C21H21N3O2/c1-3-26-21(25)19-13(2)23-17-10-6-7-11-18(17)24-20(19)15-12-22-16-9-5-4-8-14(15)16/h4-12,19-20,22,24H,3H2,1-2H3. The van der Waals surface area contributed by atoms with Gasteiger partial charge in [-0.25, -0.2) is 0 Å². The summed E-state index contributed by atoms with van der Waals surface area (Å²) in [6.07, 6.45) is 1.97. The van der Waals surface area contributed by atoms with Gasteiger partial charge in [0.05, 0.1) is 24.0 Å². The van der Waals surface area contributed by atoms with E-state index >= 15 is 0 Å². The number of nitrogens with one attached hydrogen (secondary N) is 2. The van der Waals surface area contributed by atoms with Gasteiger partial charge in [0, 0.05) is 28.4 Å².